The summed E-state index contributed by atoms with van der Waals surface area (Å²) in [4.78, 5) is 0. The first kappa shape index (κ1) is 12.3. The Morgan fingerprint density at radius 2 is 2.10 bits per heavy atom. The second-order valence-electron chi connectivity index (χ2n) is 7.23. The van der Waals surface area contributed by atoms with Gasteiger partial charge in [0.1, 0.15) is 5.52 Å². The molecule has 106 valence electrons. The minimum absolute atomic E-state index is 0.224. The molecule has 1 saturated heterocycles. The molecule has 0 radical (unpaired) electrons. The lowest BCUT2D eigenvalue weighted by atomic mass is 9.51. The van der Waals surface area contributed by atoms with Gasteiger partial charge in [-0.25, -0.2) is 4.68 Å². The van der Waals surface area contributed by atoms with Crippen molar-refractivity contribution in [3.8, 4) is 0 Å². The summed E-state index contributed by atoms with van der Waals surface area (Å²) in [6.07, 6.45) is 2.30. The van der Waals surface area contributed by atoms with Crippen molar-refractivity contribution >= 4 is 11.0 Å². The molecular weight excluding hydrogens is 248 g/mol. The van der Waals surface area contributed by atoms with Crippen molar-refractivity contribution in [2.45, 2.75) is 45.1 Å². The molecule has 0 amide bonds. The van der Waals surface area contributed by atoms with Gasteiger partial charge in [-0.05, 0) is 48.1 Å². The van der Waals surface area contributed by atoms with Gasteiger partial charge in [-0.15, -0.1) is 5.10 Å². The highest BCUT2D eigenvalue weighted by atomic mass is 15.4. The molecule has 2 heterocycles. The zero-order chi connectivity index (χ0) is 14.1. The van der Waals surface area contributed by atoms with Gasteiger partial charge in [0, 0.05) is 18.5 Å². The molecule has 1 unspecified atom stereocenters. The predicted octanol–water partition coefficient (Wildman–Crippen LogP) is 2.17. The number of piperidine rings is 1. The van der Waals surface area contributed by atoms with Crippen LogP contribution in [-0.2, 0) is 18.9 Å². The smallest absolute Gasteiger partial charge is 0.113 e. The van der Waals surface area contributed by atoms with Crippen LogP contribution >= 0.6 is 0 Å². The van der Waals surface area contributed by atoms with Gasteiger partial charge in [0.2, 0.25) is 0 Å². The Labute approximate surface area is 119 Å². The summed E-state index contributed by atoms with van der Waals surface area (Å²) >= 11 is 0. The van der Waals surface area contributed by atoms with Crippen molar-refractivity contribution in [1.82, 2.24) is 20.3 Å². The molecule has 1 N–H and O–H groups in total. The molecule has 0 saturated carbocycles. The number of aryl methyl sites for hydroxylation is 1. The van der Waals surface area contributed by atoms with Crippen LogP contribution in [0.4, 0.5) is 0 Å². The van der Waals surface area contributed by atoms with Gasteiger partial charge in [-0.3, -0.25) is 0 Å². The number of aromatic nitrogens is 3. The Morgan fingerprint density at radius 1 is 1.30 bits per heavy atom. The van der Waals surface area contributed by atoms with Crippen molar-refractivity contribution in [2.24, 2.45) is 12.5 Å². The highest BCUT2D eigenvalue weighted by Crippen LogP contribution is 2.54. The maximum absolute atomic E-state index is 4.31. The summed E-state index contributed by atoms with van der Waals surface area (Å²) in [5, 5.41) is 12.2. The van der Waals surface area contributed by atoms with E-state index in [0.717, 1.165) is 24.0 Å². The predicted molar refractivity (Wildman–Crippen MR) is 79.8 cm³/mol. The minimum atomic E-state index is 0.224. The van der Waals surface area contributed by atoms with Gasteiger partial charge < -0.3 is 5.32 Å². The molecular formula is C16H22N4. The van der Waals surface area contributed by atoms with Gasteiger partial charge >= 0.3 is 0 Å². The molecule has 1 aliphatic carbocycles. The lowest BCUT2D eigenvalue weighted by molar-refractivity contribution is 0.0561. The Kier molecular flexibility index (Phi) is 2.23. The Bertz CT molecular complexity index is 700. The van der Waals surface area contributed by atoms with E-state index in [-0.39, 0.29) is 10.8 Å². The van der Waals surface area contributed by atoms with Crippen LogP contribution in [-0.4, -0.2) is 27.6 Å². The van der Waals surface area contributed by atoms with Crippen LogP contribution in [0.25, 0.3) is 11.0 Å². The number of nitrogens with zero attached hydrogens (tertiary/aromatic N) is 3. The highest BCUT2D eigenvalue weighted by Gasteiger charge is 2.53. The molecule has 4 nitrogen and oxygen atoms in total. The molecule has 1 fully saturated rings. The summed E-state index contributed by atoms with van der Waals surface area (Å²) < 4.78 is 1.88. The molecule has 0 spiro atoms. The Hall–Kier alpha value is -1.42. The molecule has 1 aromatic heterocycles. The van der Waals surface area contributed by atoms with E-state index in [1.165, 1.54) is 17.5 Å². The molecule has 2 aromatic rings. The van der Waals surface area contributed by atoms with Crippen molar-refractivity contribution in [3.63, 3.8) is 0 Å². The van der Waals surface area contributed by atoms with Crippen LogP contribution in [0.3, 0.4) is 0 Å². The fraction of sp³-hybridized carbons (Fsp3) is 0.625. The fourth-order valence-corrected chi connectivity index (χ4v) is 4.29. The van der Waals surface area contributed by atoms with E-state index in [4.69, 9.17) is 0 Å². The van der Waals surface area contributed by atoms with Gasteiger partial charge in [-0.2, -0.15) is 0 Å². The first-order valence-corrected chi connectivity index (χ1v) is 7.50. The monoisotopic (exact) mass is 270 g/mol. The largest absolute Gasteiger partial charge is 0.313 e. The van der Waals surface area contributed by atoms with E-state index in [0.29, 0.717) is 6.04 Å². The summed E-state index contributed by atoms with van der Waals surface area (Å²) in [5.41, 5.74) is 5.64. The lowest BCUT2D eigenvalue weighted by Crippen LogP contribution is -2.62. The molecule has 4 rings (SSSR count). The summed E-state index contributed by atoms with van der Waals surface area (Å²) in [7, 11) is 1.97. The van der Waals surface area contributed by atoms with Gasteiger partial charge in [0.05, 0.1) is 5.52 Å². The van der Waals surface area contributed by atoms with Crippen LogP contribution in [0.15, 0.2) is 12.1 Å². The van der Waals surface area contributed by atoms with E-state index in [1.807, 2.05) is 11.7 Å². The average Bonchev–Trinajstić information content (AvgIpc) is 2.74. The summed E-state index contributed by atoms with van der Waals surface area (Å²) in [6.45, 7) is 8.37. The maximum Gasteiger partial charge on any atom is 0.113 e. The summed E-state index contributed by atoms with van der Waals surface area (Å²) in [5.74, 6) is 0. The quantitative estimate of drug-likeness (QED) is 0.798. The molecule has 2 atom stereocenters. The number of benzene rings is 1. The van der Waals surface area contributed by atoms with Crippen LogP contribution in [0, 0.1) is 5.41 Å². The third kappa shape index (κ3) is 1.30. The Morgan fingerprint density at radius 3 is 2.90 bits per heavy atom. The van der Waals surface area contributed by atoms with Crippen molar-refractivity contribution < 1.29 is 0 Å². The third-order valence-electron chi connectivity index (χ3n) is 6.16. The molecule has 1 aromatic carbocycles. The van der Waals surface area contributed by atoms with E-state index in [9.17, 15) is 0 Å². The highest BCUT2D eigenvalue weighted by molar-refractivity contribution is 5.77. The van der Waals surface area contributed by atoms with Crippen molar-refractivity contribution in [2.75, 3.05) is 6.54 Å². The van der Waals surface area contributed by atoms with Crippen LogP contribution < -0.4 is 5.32 Å². The van der Waals surface area contributed by atoms with Crippen LogP contribution in [0.5, 0.6) is 0 Å². The van der Waals surface area contributed by atoms with E-state index in [2.05, 4.69) is 48.5 Å². The number of hydrogen-bond acceptors (Lipinski definition) is 3. The van der Waals surface area contributed by atoms with Gasteiger partial charge in [0.15, 0.2) is 0 Å². The third-order valence-corrected chi connectivity index (χ3v) is 6.16. The minimum Gasteiger partial charge on any atom is -0.313 e. The molecule has 2 bridgehead atoms. The number of nitrogens with one attached hydrogen (secondary N) is 1. The molecule has 20 heavy (non-hydrogen) atoms. The average molecular weight is 270 g/mol. The van der Waals surface area contributed by atoms with E-state index < -0.39 is 0 Å². The normalized spacial score (nSPS) is 31.3. The lowest BCUT2D eigenvalue weighted by Gasteiger charge is -2.57. The number of fused-ring (bicyclic) bond motifs is 5. The molecule has 2 aliphatic rings. The summed E-state index contributed by atoms with van der Waals surface area (Å²) in [6, 6.07) is 5.16. The van der Waals surface area contributed by atoms with Gasteiger partial charge in [0.25, 0.3) is 0 Å². The first-order valence-electron chi connectivity index (χ1n) is 7.50. The first-order chi connectivity index (χ1) is 9.43. The second-order valence-corrected chi connectivity index (χ2v) is 7.23. The van der Waals surface area contributed by atoms with Crippen LogP contribution in [0.2, 0.25) is 0 Å². The maximum atomic E-state index is 4.31. The zero-order valence-electron chi connectivity index (χ0n) is 12.7. The Balaban J connectivity index is 2.02. The molecule has 4 heteroatoms. The SMILES string of the molecule is Cn1nnc2cc3c(cc21)C[C@H]1NCCC3(C)C1(C)C. The fourth-order valence-electron chi connectivity index (χ4n) is 4.29. The van der Waals surface area contributed by atoms with E-state index >= 15 is 0 Å². The molecule has 1 aliphatic heterocycles. The van der Waals surface area contributed by atoms with E-state index in [1.54, 1.807) is 0 Å². The second kappa shape index (κ2) is 3.61. The van der Waals surface area contributed by atoms with Crippen molar-refractivity contribution in [1.29, 1.82) is 0 Å². The number of rotatable bonds is 0. The standard InChI is InChI=1S/C16H22N4/c1-15(2)14-8-10-7-13-12(18-19-20(13)4)9-11(10)16(15,3)5-6-17-14/h7,9,14,17H,5-6,8H2,1-4H3/t14-,16?/m1/s1. The number of hydrogen-bond donors (Lipinski definition) is 1. The van der Waals surface area contributed by atoms with Crippen molar-refractivity contribution in [3.05, 3.63) is 23.3 Å². The topological polar surface area (TPSA) is 42.7 Å². The zero-order valence-corrected chi connectivity index (χ0v) is 12.7. The van der Waals surface area contributed by atoms with Crippen LogP contribution in [0.1, 0.15) is 38.3 Å². The van der Waals surface area contributed by atoms with Gasteiger partial charge in [-0.1, -0.05) is 26.0 Å².